The Morgan fingerprint density at radius 2 is 1.60 bits per heavy atom. The minimum atomic E-state index is -0.0897. The number of hydrogen-bond acceptors (Lipinski definition) is 3. The number of aliphatic hydroxyl groups excluding tert-OH is 2. The molecule has 0 unspecified atom stereocenters. The van der Waals surface area contributed by atoms with Crippen molar-refractivity contribution >= 4 is 0 Å². The number of aromatic nitrogens is 1. The van der Waals surface area contributed by atoms with E-state index in [-0.39, 0.29) is 13.2 Å². The highest BCUT2D eigenvalue weighted by molar-refractivity contribution is 5.69. The van der Waals surface area contributed by atoms with Crippen molar-refractivity contribution in [3.05, 3.63) is 76.5 Å². The van der Waals surface area contributed by atoms with E-state index in [1.807, 2.05) is 30.3 Å². The lowest BCUT2D eigenvalue weighted by Crippen LogP contribution is -2.15. The first-order valence-electron chi connectivity index (χ1n) is 8.42. The van der Waals surface area contributed by atoms with Crippen molar-refractivity contribution in [2.45, 2.75) is 26.2 Å². The summed E-state index contributed by atoms with van der Waals surface area (Å²) in [7, 11) is 1.65. The molecule has 0 saturated heterocycles. The average molecular weight is 335 g/mol. The molecule has 0 atom stereocenters. The van der Waals surface area contributed by atoms with Crippen LogP contribution in [0.2, 0.25) is 0 Å². The molecule has 128 valence electrons. The molecular weight excluding hydrogens is 314 g/mol. The van der Waals surface area contributed by atoms with E-state index in [1.54, 1.807) is 7.11 Å². The maximum absolute atomic E-state index is 10.0. The highest BCUT2D eigenvalue weighted by atomic mass is 16.5. The normalized spacial score (nSPS) is 12.6. The summed E-state index contributed by atoms with van der Waals surface area (Å²) in [5.41, 5.74) is 7.33. The minimum Gasteiger partial charge on any atom is -0.497 e. The minimum absolute atomic E-state index is 0.0659. The highest BCUT2D eigenvalue weighted by Crippen LogP contribution is 2.37. The van der Waals surface area contributed by atoms with Gasteiger partial charge >= 0.3 is 0 Å². The third-order valence-corrected chi connectivity index (χ3v) is 5.08. The molecule has 3 aromatic rings. The first kappa shape index (κ1) is 15.9. The number of nitrogens with zero attached hydrogens (tertiary/aromatic N) is 1. The Bertz CT molecular complexity index is 910. The van der Waals surface area contributed by atoms with Crippen LogP contribution in [0.4, 0.5) is 0 Å². The Hall–Kier alpha value is -2.56. The second kappa shape index (κ2) is 6.39. The maximum atomic E-state index is 10.0. The van der Waals surface area contributed by atoms with Crippen molar-refractivity contribution in [3.63, 3.8) is 0 Å². The summed E-state index contributed by atoms with van der Waals surface area (Å²) >= 11 is 0. The molecule has 0 amide bonds. The van der Waals surface area contributed by atoms with Crippen molar-refractivity contribution in [1.82, 2.24) is 4.57 Å². The molecule has 0 radical (unpaired) electrons. The van der Waals surface area contributed by atoms with Gasteiger partial charge in [0.15, 0.2) is 0 Å². The Labute approximate surface area is 146 Å². The van der Waals surface area contributed by atoms with E-state index in [0.717, 1.165) is 46.8 Å². The van der Waals surface area contributed by atoms with Gasteiger partial charge in [0.1, 0.15) is 5.75 Å². The SMILES string of the molecule is COc1ccc(-c2c(CO)c(CO)c3n2Cc2ccccc2C3)cc1. The molecule has 2 N–H and O–H groups in total. The van der Waals surface area contributed by atoms with Gasteiger partial charge in [-0.1, -0.05) is 24.3 Å². The van der Waals surface area contributed by atoms with Gasteiger partial charge in [-0.05, 0) is 41.0 Å². The molecule has 1 aromatic heterocycles. The molecule has 4 nitrogen and oxygen atoms in total. The number of fused-ring (bicyclic) bond motifs is 2. The zero-order valence-corrected chi connectivity index (χ0v) is 14.2. The monoisotopic (exact) mass is 335 g/mol. The van der Waals surface area contributed by atoms with Crippen LogP contribution in [0.15, 0.2) is 48.5 Å². The fraction of sp³-hybridized carbons (Fsp3) is 0.238. The van der Waals surface area contributed by atoms with Gasteiger partial charge in [-0.2, -0.15) is 0 Å². The molecule has 0 saturated carbocycles. The van der Waals surface area contributed by atoms with E-state index >= 15 is 0 Å². The van der Waals surface area contributed by atoms with E-state index in [2.05, 4.69) is 22.8 Å². The summed E-state index contributed by atoms with van der Waals surface area (Å²) in [4.78, 5) is 0. The molecule has 0 spiro atoms. The third-order valence-electron chi connectivity index (χ3n) is 5.08. The van der Waals surface area contributed by atoms with E-state index in [0.29, 0.717) is 0 Å². The standard InChI is InChI=1S/C21H21NO3/c1-25-17-8-6-14(7-9-17)21-19(13-24)18(12-23)20-10-15-4-2-3-5-16(15)11-22(20)21/h2-9,23-24H,10-13H2,1H3. The van der Waals surface area contributed by atoms with Crippen LogP contribution in [0.5, 0.6) is 5.75 Å². The molecule has 2 heterocycles. The summed E-state index contributed by atoms with van der Waals surface area (Å²) in [6.45, 7) is 0.594. The predicted molar refractivity (Wildman–Crippen MR) is 96.6 cm³/mol. The van der Waals surface area contributed by atoms with Gasteiger partial charge in [-0.25, -0.2) is 0 Å². The molecule has 4 rings (SSSR count). The average Bonchev–Trinajstić information content (AvgIpc) is 2.98. The topological polar surface area (TPSA) is 54.6 Å². The quantitative estimate of drug-likeness (QED) is 0.602. The van der Waals surface area contributed by atoms with E-state index < -0.39 is 0 Å². The van der Waals surface area contributed by atoms with Gasteiger partial charge in [0.25, 0.3) is 0 Å². The van der Waals surface area contributed by atoms with Crippen LogP contribution < -0.4 is 4.74 Å². The Balaban J connectivity index is 1.91. The Morgan fingerprint density at radius 1 is 0.920 bits per heavy atom. The van der Waals surface area contributed by atoms with Crippen LogP contribution in [0.3, 0.4) is 0 Å². The van der Waals surface area contributed by atoms with Gasteiger partial charge in [0.2, 0.25) is 0 Å². The second-order valence-corrected chi connectivity index (χ2v) is 6.33. The van der Waals surface area contributed by atoms with Crippen LogP contribution in [-0.2, 0) is 26.2 Å². The molecule has 2 aromatic carbocycles. The molecular formula is C21H21NO3. The zero-order chi connectivity index (χ0) is 17.4. The van der Waals surface area contributed by atoms with E-state index in [1.165, 1.54) is 11.1 Å². The first-order valence-corrected chi connectivity index (χ1v) is 8.42. The van der Waals surface area contributed by atoms with Gasteiger partial charge in [0.05, 0.1) is 26.0 Å². The summed E-state index contributed by atoms with van der Waals surface area (Å²) in [6, 6.07) is 16.2. The molecule has 1 aliphatic rings. The number of benzene rings is 2. The lowest BCUT2D eigenvalue weighted by molar-refractivity contribution is 0.260. The van der Waals surface area contributed by atoms with Gasteiger partial charge in [-0.3, -0.25) is 0 Å². The fourth-order valence-electron chi connectivity index (χ4n) is 3.83. The van der Waals surface area contributed by atoms with E-state index in [4.69, 9.17) is 4.74 Å². The van der Waals surface area contributed by atoms with Crippen molar-refractivity contribution in [2.24, 2.45) is 0 Å². The summed E-state index contributed by atoms with van der Waals surface area (Å²) < 4.78 is 7.49. The first-order chi connectivity index (χ1) is 12.3. The molecule has 0 aliphatic carbocycles. The number of methoxy groups -OCH3 is 1. The van der Waals surface area contributed by atoms with Crippen LogP contribution >= 0.6 is 0 Å². The molecule has 0 bridgehead atoms. The number of ether oxygens (including phenoxy) is 1. The van der Waals surface area contributed by atoms with Crippen LogP contribution in [-0.4, -0.2) is 21.9 Å². The van der Waals surface area contributed by atoms with Crippen LogP contribution in [0.25, 0.3) is 11.3 Å². The summed E-state index contributed by atoms with van der Waals surface area (Å²) in [6.07, 6.45) is 0.773. The molecule has 0 fully saturated rings. The number of rotatable bonds is 4. The molecule has 4 heteroatoms. The number of aliphatic hydroxyl groups is 2. The van der Waals surface area contributed by atoms with E-state index in [9.17, 15) is 10.2 Å². The van der Waals surface area contributed by atoms with Crippen molar-refractivity contribution in [1.29, 1.82) is 0 Å². The lowest BCUT2D eigenvalue weighted by atomic mass is 9.97. The van der Waals surface area contributed by atoms with Crippen molar-refractivity contribution in [3.8, 4) is 17.0 Å². The van der Waals surface area contributed by atoms with Gasteiger partial charge < -0.3 is 19.5 Å². The predicted octanol–water partition coefficient (Wildman–Crippen LogP) is 3.10. The number of hydrogen-bond donors (Lipinski definition) is 2. The Morgan fingerprint density at radius 3 is 2.24 bits per heavy atom. The summed E-state index contributed by atoms with van der Waals surface area (Å²) in [5.74, 6) is 0.799. The Kier molecular flexibility index (Phi) is 4.07. The van der Waals surface area contributed by atoms with Crippen LogP contribution in [0.1, 0.15) is 27.9 Å². The highest BCUT2D eigenvalue weighted by Gasteiger charge is 2.26. The van der Waals surface area contributed by atoms with Crippen molar-refractivity contribution < 1.29 is 14.9 Å². The largest absolute Gasteiger partial charge is 0.497 e. The zero-order valence-electron chi connectivity index (χ0n) is 14.2. The molecule has 1 aliphatic heterocycles. The smallest absolute Gasteiger partial charge is 0.118 e. The maximum Gasteiger partial charge on any atom is 0.118 e. The fourth-order valence-corrected chi connectivity index (χ4v) is 3.83. The van der Waals surface area contributed by atoms with Gasteiger partial charge in [0, 0.05) is 29.8 Å². The molecule has 25 heavy (non-hydrogen) atoms. The summed E-state index contributed by atoms with van der Waals surface area (Å²) in [5, 5.41) is 20.0. The second-order valence-electron chi connectivity index (χ2n) is 6.33. The third kappa shape index (κ3) is 2.54. The van der Waals surface area contributed by atoms with Crippen LogP contribution in [0, 0.1) is 0 Å². The lowest BCUT2D eigenvalue weighted by Gasteiger charge is -2.22. The van der Waals surface area contributed by atoms with Crippen molar-refractivity contribution in [2.75, 3.05) is 7.11 Å². The van der Waals surface area contributed by atoms with Gasteiger partial charge in [-0.15, -0.1) is 0 Å².